The van der Waals surface area contributed by atoms with E-state index in [2.05, 4.69) is 34.0 Å². The number of H-pyrrole nitrogens is 1. The smallest absolute Gasteiger partial charge is 0.220 e. The van der Waals surface area contributed by atoms with Crippen LogP contribution in [0.1, 0.15) is 45.2 Å². The molecule has 22 heavy (non-hydrogen) atoms. The molecule has 0 radical (unpaired) electrons. The number of aromatic amines is 1. The lowest BCUT2D eigenvalue weighted by Crippen LogP contribution is -2.42. The van der Waals surface area contributed by atoms with E-state index in [1.807, 2.05) is 6.20 Å². The fourth-order valence-electron chi connectivity index (χ4n) is 3.71. The minimum Gasteiger partial charge on any atom is -0.352 e. The van der Waals surface area contributed by atoms with Crippen LogP contribution in [0, 0.1) is 17.8 Å². The monoisotopic (exact) mass is 304 g/mol. The van der Waals surface area contributed by atoms with Crippen molar-refractivity contribution in [1.82, 2.24) is 20.2 Å². The van der Waals surface area contributed by atoms with Gasteiger partial charge >= 0.3 is 0 Å². The molecule has 0 unspecified atom stereocenters. The molecule has 122 valence electrons. The molecular weight excluding hydrogens is 276 g/mol. The van der Waals surface area contributed by atoms with Crippen LogP contribution in [0.15, 0.2) is 12.5 Å². The van der Waals surface area contributed by atoms with E-state index in [4.69, 9.17) is 0 Å². The van der Waals surface area contributed by atoms with Crippen molar-refractivity contribution in [2.24, 2.45) is 17.8 Å². The lowest BCUT2D eigenvalue weighted by Gasteiger charge is -2.27. The number of hydrogen-bond donors (Lipinski definition) is 2. The molecule has 0 bridgehead atoms. The fraction of sp³-hybridized carbons (Fsp3) is 0.765. The zero-order valence-corrected chi connectivity index (χ0v) is 13.7. The highest BCUT2D eigenvalue weighted by Crippen LogP contribution is 2.30. The summed E-state index contributed by atoms with van der Waals surface area (Å²) in [6.45, 7) is 7.40. The normalized spacial score (nSPS) is 26.3. The summed E-state index contributed by atoms with van der Waals surface area (Å²) < 4.78 is 0. The van der Waals surface area contributed by atoms with Crippen LogP contribution in [0.5, 0.6) is 0 Å². The molecule has 3 rings (SSSR count). The van der Waals surface area contributed by atoms with E-state index in [9.17, 15) is 4.79 Å². The Bertz CT molecular complexity index is 481. The third-order valence-electron chi connectivity index (χ3n) is 5.29. The van der Waals surface area contributed by atoms with Crippen molar-refractivity contribution in [3.8, 4) is 0 Å². The molecular formula is C17H28N4O. The standard InChI is InChI=1S/C17H28N4O/c1-12(2)15-9-21(8-14-7-18-11-19-14)10-16(15)20-17(22)6-13-4-3-5-13/h7,11-13,15-16H,3-6,8-10H2,1-2H3,(H,18,19)(H,20,22)/t15-,16+/m1/s1. The van der Waals surface area contributed by atoms with Crippen LogP contribution < -0.4 is 5.32 Å². The number of rotatable bonds is 6. The Morgan fingerprint density at radius 1 is 1.45 bits per heavy atom. The first-order valence-corrected chi connectivity index (χ1v) is 8.60. The van der Waals surface area contributed by atoms with E-state index in [1.165, 1.54) is 19.3 Å². The molecule has 5 nitrogen and oxygen atoms in total. The maximum atomic E-state index is 12.2. The van der Waals surface area contributed by atoms with Gasteiger partial charge in [0.1, 0.15) is 0 Å². The lowest BCUT2D eigenvalue weighted by molar-refractivity contribution is -0.123. The van der Waals surface area contributed by atoms with Crippen molar-refractivity contribution in [2.45, 2.75) is 52.1 Å². The molecule has 1 saturated carbocycles. The van der Waals surface area contributed by atoms with E-state index in [0.717, 1.165) is 31.7 Å². The molecule has 2 fully saturated rings. The number of nitrogens with zero attached hydrogens (tertiary/aromatic N) is 2. The van der Waals surface area contributed by atoms with Crippen molar-refractivity contribution in [1.29, 1.82) is 0 Å². The Morgan fingerprint density at radius 2 is 2.27 bits per heavy atom. The predicted molar refractivity (Wildman–Crippen MR) is 86.1 cm³/mol. The summed E-state index contributed by atoms with van der Waals surface area (Å²) in [5, 5.41) is 3.31. The highest BCUT2D eigenvalue weighted by Gasteiger charge is 2.36. The third-order valence-corrected chi connectivity index (χ3v) is 5.29. The molecule has 5 heteroatoms. The van der Waals surface area contributed by atoms with Gasteiger partial charge < -0.3 is 10.3 Å². The molecule has 1 aromatic heterocycles. The van der Waals surface area contributed by atoms with Crippen LogP contribution in [0.2, 0.25) is 0 Å². The molecule has 0 spiro atoms. The zero-order chi connectivity index (χ0) is 15.5. The van der Waals surface area contributed by atoms with Crippen LogP contribution in [0.25, 0.3) is 0 Å². The largest absolute Gasteiger partial charge is 0.352 e. The number of carbonyl (C=O) groups is 1. The van der Waals surface area contributed by atoms with Gasteiger partial charge in [-0.1, -0.05) is 20.3 Å². The van der Waals surface area contributed by atoms with Crippen LogP contribution in [-0.2, 0) is 11.3 Å². The average Bonchev–Trinajstić information content (AvgIpc) is 3.04. The molecule has 1 saturated heterocycles. The Balaban J connectivity index is 1.54. The summed E-state index contributed by atoms with van der Waals surface area (Å²) in [5.74, 6) is 2.01. The molecule has 2 aliphatic rings. The third kappa shape index (κ3) is 3.69. The maximum absolute atomic E-state index is 12.2. The predicted octanol–water partition coefficient (Wildman–Crippen LogP) is 2.17. The van der Waals surface area contributed by atoms with Crippen molar-refractivity contribution < 1.29 is 4.79 Å². The van der Waals surface area contributed by atoms with E-state index in [1.54, 1.807) is 6.33 Å². The van der Waals surface area contributed by atoms with Crippen molar-refractivity contribution in [2.75, 3.05) is 13.1 Å². The van der Waals surface area contributed by atoms with Gasteiger partial charge in [-0.15, -0.1) is 0 Å². The van der Waals surface area contributed by atoms with Crippen LogP contribution in [0.4, 0.5) is 0 Å². The number of likely N-dealkylation sites (tertiary alicyclic amines) is 1. The molecule has 2 atom stereocenters. The number of imidazole rings is 1. The molecule has 1 aliphatic carbocycles. The first-order chi connectivity index (χ1) is 10.6. The van der Waals surface area contributed by atoms with Crippen LogP contribution in [0.3, 0.4) is 0 Å². The van der Waals surface area contributed by atoms with Gasteiger partial charge in [-0.05, 0) is 30.6 Å². The van der Waals surface area contributed by atoms with E-state index in [0.29, 0.717) is 17.8 Å². The highest BCUT2D eigenvalue weighted by atomic mass is 16.1. The number of amides is 1. The Labute approximate surface area is 132 Å². The second-order valence-corrected chi connectivity index (χ2v) is 7.35. The van der Waals surface area contributed by atoms with Crippen LogP contribution >= 0.6 is 0 Å². The van der Waals surface area contributed by atoms with Gasteiger partial charge in [-0.25, -0.2) is 4.98 Å². The summed E-state index contributed by atoms with van der Waals surface area (Å²) in [4.78, 5) is 21.9. The van der Waals surface area contributed by atoms with Gasteiger partial charge in [0.25, 0.3) is 0 Å². The van der Waals surface area contributed by atoms with Crippen molar-refractivity contribution in [3.05, 3.63) is 18.2 Å². The van der Waals surface area contributed by atoms with Gasteiger partial charge in [0.05, 0.1) is 6.33 Å². The highest BCUT2D eigenvalue weighted by molar-refractivity contribution is 5.76. The van der Waals surface area contributed by atoms with Gasteiger partial charge in [-0.3, -0.25) is 9.69 Å². The summed E-state index contributed by atoms with van der Waals surface area (Å²) in [7, 11) is 0. The molecule has 1 amide bonds. The van der Waals surface area contributed by atoms with Crippen LogP contribution in [-0.4, -0.2) is 39.9 Å². The molecule has 2 N–H and O–H groups in total. The number of hydrogen-bond acceptors (Lipinski definition) is 3. The summed E-state index contributed by atoms with van der Waals surface area (Å²) >= 11 is 0. The lowest BCUT2D eigenvalue weighted by atomic mass is 9.82. The minimum atomic E-state index is 0.253. The van der Waals surface area contributed by atoms with Gasteiger partial charge in [0.2, 0.25) is 5.91 Å². The molecule has 1 aliphatic heterocycles. The fourth-order valence-corrected chi connectivity index (χ4v) is 3.71. The summed E-state index contributed by atoms with van der Waals surface area (Å²) in [6.07, 6.45) is 8.10. The van der Waals surface area contributed by atoms with Crippen molar-refractivity contribution in [3.63, 3.8) is 0 Å². The van der Waals surface area contributed by atoms with Gasteiger partial charge in [0.15, 0.2) is 0 Å². The second kappa shape index (κ2) is 6.82. The van der Waals surface area contributed by atoms with Gasteiger partial charge in [-0.2, -0.15) is 0 Å². The summed E-state index contributed by atoms with van der Waals surface area (Å²) in [6, 6.07) is 0.287. The molecule has 2 heterocycles. The number of aromatic nitrogens is 2. The van der Waals surface area contributed by atoms with E-state index in [-0.39, 0.29) is 11.9 Å². The maximum Gasteiger partial charge on any atom is 0.220 e. The molecule has 0 aromatic carbocycles. The number of carbonyl (C=O) groups excluding carboxylic acids is 1. The Morgan fingerprint density at radius 3 is 2.86 bits per heavy atom. The van der Waals surface area contributed by atoms with E-state index < -0.39 is 0 Å². The Hall–Kier alpha value is -1.36. The van der Waals surface area contributed by atoms with Crippen molar-refractivity contribution >= 4 is 5.91 Å². The second-order valence-electron chi connectivity index (χ2n) is 7.35. The molecule has 1 aromatic rings. The quantitative estimate of drug-likeness (QED) is 0.847. The topological polar surface area (TPSA) is 61.0 Å². The number of nitrogens with one attached hydrogen (secondary N) is 2. The Kier molecular flexibility index (Phi) is 4.81. The first kappa shape index (κ1) is 15.5. The minimum absolute atomic E-state index is 0.253. The summed E-state index contributed by atoms with van der Waals surface area (Å²) in [5.41, 5.74) is 1.14. The van der Waals surface area contributed by atoms with E-state index >= 15 is 0 Å². The van der Waals surface area contributed by atoms with Gasteiger partial charge in [0, 0.05) is 44.0 Å². The SMILES string of the molecule is CC(C)[C@H]1CN(Cc2cnc[nH]2)C[C@@H]1NC(=O)CC1CCC1. The zero-order valence-electron chi connectivity index (χ0n) is 13.7. The average molecular weight is 304 g/mol. The first-order valence-electron chi connectivity index (χ1n) is 8.60.